The Labute approximate surface area is 149 Å². The molecule has 134 valence electrons. The van der Waals surface area contributed by atoms with Crippen molar-refractivity contribution in [3.8, 4) is 0 Å². The molecule has 0 bridgehead atoms. The van der Waals surface area contributed by atoms with E-state index in [0.29, 0.717) is 6.04 Å². The highest BCUT2D eigenvalue weighted by Crippen LogP contribution is 2.25. The van der Waals surface area contributed by atoms with Crippen molar-refractivity contribution in [2.75, 3.05) is 23.3 Å². The van der Waals surface area contributed by atoms with Crippen LogP contribution in [0, 0.1) is 12.7 Å². The number of hydrogen-bond acceptors (Lipinski definition) is 4. The van der Waals surface area contributed by atoms with E-state index in [-0.39, 0.29) is 5.82 Å². The topological polar surface area (TPSA) is 41.1 Å². The first kappa shape index (κ1) is 17.6. The molecule has 3 rings (SSSR count). The van der Waals surface area contributed by atoms with E-state index in [2.05, 4.69) is 22.1 Å². The number of hydrogen-bond donors (Lipinski definition) is 1. The van der Waals surface area contributed by atoms with Crippen LogP contribution < -0.4 is 10.2 Å². The van der Waals surface area contributed by atoms with Crippen LogP contribution in [-0.4, -0.2) is 29.1 Å². The van der Waals surface area contributed by atoms with E-state index >= 15 is 0 Å². The Hall–Kier alpha value is -2.17. The lowest BCUT2D eigenvalue weighted by atomic mass is 10.0. The number of aromatic nitrogens is 2. The number of nitrogens with one attached hydrogen (secondary N) is 1. The summed E-state index contributed by atoms with van der Waals surface area (Å²) in [7, 11) is 0. The predicted molar refractivity (Wildman–Crippen MR) is 101 cm³/mol. The lowest BCUT2D eigenvalue weighted by Crippen LogP contribution is -2.40. The van der Waals surface area contributed by atoms with Crippen LogP contribution in [0.5, 0.6) is 0 Å². The van der Waals surface area contributed by atoms with Gasteiger partial charge in [0, 0.05) is 30.9 Å². The SMILES string of the molecule is CCC1CCCCN1c1nc(C)cc(NCCc2ccc(F)cc2)n1. The molecule has 0 spiro atoms. The number of nitrogens with zero attached hydrogens (tertiary/aromatic N) is 3. The Kier molecular flexibility index (Phi) is 5.84. The van der Waals surface area contributed by atoms with Crippen LogP contribution in [0.15, 0.2) is 30.3 Å². The van der Waals surface area contributed by atoms with Gasteiger partial charge in [-0.2, -0.15) is 4.98 Å². The Bertz CT molecular complexity index is 687. The first-order chi connectivity index (χ1) is 12.2. The standard InChI is InChI=1S/C20H27FN4/c1-3-18-6-4-5-13-25(18)20-23-15(2)14-19(24-20)22-12-11-16-7-9-17(21)10-8-16/h7-10,14,18H,3-6,11-13H2,1-2H3,(H,22,23,24). The summed E-state index contributed by atoms with van der Waals surface area (Å²) >= 11 is 0. The van der Waals surface area contributed by atoms with Gasteiger partial charge < -0.3 is 10.2 Å². The van der Waals surface area contributed by atoms with Crippen molar-refractivity contribution in [1.29, 1.82) is 0 Å². The average Bonchev–Trinajstić information content (AvgIpc) is 2.63. The summed E-state index contributed by atoms with van der Waals surface area (Å²) in [6.45, 7) is 6.05. The molecule has 0 radical (unpaired) electrons. The maximum atomic E-state index is 13.0. The highest BCUT2D eigenvalue weighted by atomic mass is 19.1. The molecular formula is C20H27FN4. The third-order valence-corrected chi connectivity index (χ3v) is 4.83. The summed E-state index contributed by atoms with van der Waals surface area (Å²) in [5.41, 5.74) is 2.09. The number of halogens is 1. The van der Waals surface area contributed by atoms with Gasteiger partial charge in [0.1, 0.15) is 11.6 Å². The van der Waals surface area contributed by atoms with Gasteiger partial charge in [-0.05, 0) is 56.7 Å². The molecule has 1 N–H and O–H groups in total. The number of piperidine rings is 1. The van der Waals surface area contributed by atoms with Crippen LogP contribution in [-0.2, 0) is 6.42 Å². The maximum absolute atomic E-state index is 13.0. The van der Waals surface area contributed by atoms with Crippen LogP contribution in [0.25, 0.3) is 0 Å². The van der Waals surface area contributed by atoms with E-state index in [0.717, 1.165) is 49.0 Å². The Morgan fingerprint density at radius 1 is 1.20 bits per heavy atom. The first-order valence-corrected chi connectivity index (χ1v) is 9.26. The molecule has 4 nitrogen and oxygen atoms in total. The highest BCUT2D eigenvalue weighted by molar-refractivity contribution is 5.44. The Balaban J connectivity index is 1.65. The molecule has 1 aliphatic heterocycles. The van der Waals surface area contributed by atoms with Crippen molar-refractivity contribution in [2.45, 2.75) is 52.0 Å². The van der Waals surface area contributed by atoms with Gasteiger partial charge >= 0.3 is 0 Å². The van der Waals surface area contributed by atoms with Crippen molar-refractivity contribution in [3.63, 3.8) is 0 Å². The zero-order valence-electron chi connectivity index (χ0n) is 15.1. The molecule has 5 heteroatoms. The maximum Gasteiger partial charge on any atom is 0.227 e. The van der Waals surface area contributed by atoms with Crippen molar-refractivity contribution in [1.82, 2.24) is 9.97 Å². The number of anilines is 2. The molecule has 2 aromatic rings. The molecular weight excluding hydrogens is 315 g/mol. The second kappa shape index (κ2) is 8.28. The monoisotopic (exact) mass is 342 g/mol. The summed E-state index contributed by atoms with van der Waals surface area (Å²) in [6, 6.07) is 9.19. The molecule has 1 aromatic heterocycles. The summed E-state index contributed by atoms with van der Waals surface area (Å²) in [5.74, 6) is 1.51. The van der Waals surface area contributed by atoms with Crippen molar-refractivity contribution >= 4 is 11.8 Å². The van der Waals surface area contributed by atoms with Crippen LogP contribution in [0.4, 0.5) is 16.2 Å². The zero-order valence-corrected chi connectivity index (χ0v) is 15.1. The van der Waals surface area contributed by atoms with Gasteiger partial charge in [0.15, 0.2) is 0 Å². The molecule has 1 aliphatic rings. The van der Waals surface area contributed by atoms with E-state index in [1.54, 1.807) is 0 Å². The molecule has 1 atom stereocenters. The normalized spacial score (nSPS) is 17.6. The molecule has 0 saturated carbocycles. The van der Waals surface area contributed by atoms with E-state index in [1.165, 1.54) is 31.4 Å². The summed E-state index contributed by atoms with van der Waals surface area (Å²) < 4.78 is 13.0. The summed E-state index contributed by atoms with van der Waals surface area (Å²) in [6.07, 6.45) is 5.69. The minimum atomic E-state index is -0.195. The Morgan fingerprint density at radius 2 is 2.00 bits per heavy atom. The van der Waals surface area contributed by atoms with Crippen LogP contribution in [0.1, 0.15) is 43.9 Å². The molecule has 2 heterocycles. The zero-order chi connectivity index (χ0) is 17.6. The predicted octanol–water partition coefficient (Wildman–Crippen LogP) is 4.35. The molecule has 0 amide bonds. The van der Waals surface area contributed by atoms with E-state index in [4.69, 9.17) is 4.98 Å². The largest absolute Gasteiger partial charge is 0.370 e. The van der Waals surface area contributed by atoms with E-state index in [9.17, 15) is 4.39 Å². The van der Waals surface area contributed by atoms with Crippen LogP contribution in [0.2, 0.25) is 0 Å². The molecule has 1 fully saturated rings. The lowest BCUT2D eigenvalue weighted by molar-refractivity contribution is 0.443. The van der Waals surface area contributed by atoms with Gasteiger partial charge in [0.25, 0.3) is 0 Å². The molecule has 1 unspecified atom stereocenters. The van der Waals surface area contributed by atoms with Crippen molar-refractivity contribution in [3.05, 3.63) is 47.4 Å². The fourth-order valence-electron chi connectivity index (χ4n) is 3.45. The van der Waals surface area contributed by atoms with E-state index in [1.807, 2.05) is 25.1 Å². The van der Waals surface area contributed by atoms with Gasteiger partial charge in [0.05, 0.1) is 0 Å². The number of rotatable bonds is 6. The van der Waals surface area contributed by atoms with Crippen LogP contribution >= 0.6 is 0 Å². The first-order valence-electron chi connectivity index (χ1n) is 9.26. The highest BCUT2D eigenvalue weighted by Gasteiger charge is 2.23. The quantitative estimate of drug-likeness (QED) is 0.847. The molecule has 0 aliphatic carbocycles. The van der Waals surface area contributed by atoms with Gasteiger partial charge in [-0.3, -0.25) is 0 Å². The molecule has 1 aromatic carbocycles. The molecule has 25 heavy (non-hydrogen) atoms. The average molecular weight is 342 g/mol. The molecule has 1 saturated heterocycles. The minimum absolute atomic E-state index is 0.195. The van der Waals surface area contributed by atoms with Gasteiger partial charge in [-0.1, -0.05) is 19.1 Å². The number of benzene rings is 1. The Morgan fingerprint density at radius 3 is 2.76 bits per heavy atom. The smallest absolute Gasteiger partial charge is 0.227 e. The summed E-state index contributed by atoms with van der Waals surface area (Å²) in [5, 5.41) is 3.39. The fraction of sp³-hybridized carbons (Fsp3) is 0.500. The third-order valence-electron chi connectivity index (χ3n) is 4.83. The second-order valence-corrected chi connectivity index (χ2v) is 6.75. The fourth-order valence-corrected chi connectivity index (χ4v) is 3.45. The second-order valence-electron chi connectivity index (χ2n) is 6.75. The van der Waals surface area contributed by atoms with Gasteiger partial charge in [-0.25, -0.2) is 9.37 Å². The van der Waals surface area contributed by atoms with Crippen LogP contribution in [0.3, 0.4) is 0 Å². The van der Waals surface area contributed by atoms with Gasteiger partial charge in [0.2, 0.25) is 5.95 Å². The van der Waals surface area contributed by atoms with E-state index < -0.39 is 0 Å². The van der Waals surface area contributed by atoms with Crippen molar-refractivity contribution in [2.24, 2.45) is 0 Å². The van der Waals surface area contributed by atoms with Gasteiger partial charge in [-0.15, -0.1) is 0 Å². The minimum Gasteiger partial charge on any atom is -0.370 e. The van der Waals surface area contributed by atoms with Crippen molar-refractivity contribution < 1.29 is 4.39 Å². The third kappa shape index (κ3) is 4.68. The summed E-state index contributed by atoms with van der Waals surface area (Å²) in [4.78, 5) is 11.8. The number of aryl methyl sites for hydroxylation is 1. The lowest BCUT2D eigenvalue weighted by Gasteiger charge is -2.35.